The van der Waals surface area contributed by atoms with Crippen molar-refractivity contribution in [3.63, 3.8) is 0 Å². The van der Waals surface area contributed by atoms with Crippen molar-refractivity contribution < 1.29 is 8.42 Å². The first-order valence-corrected chi connectivity index (χ1v) is 7.45. The van der Waals surface area contributed by atoms with Crippen LogP contribution >= 0.6 is 0 Å². The first-order chi connectivity index (χ1) is 6.94. The molecule has 0 aromatic rings. The summed E-state index contributed by atoms with van der Waals surface area (Å²) in [5.41, 5.74) is 0.140. The summed E-state index contributed by atoms with van der Waals surface area (Å²) in [6.07, 6.45) is 5.82. The fourth-order valence-corrected chi connectivity index (χ4v) is 3.88. The third-order valence-corrected chi connectivity index (χ3v) is 5.18. The van der Waals surface area contributed by atoms with Gasteiger partial charge in [0, 0.05) is 18.6 Å². The molecule has 2 fully saturated rings. The van der Waals surface area contributed by atoms with Crippen molar-refractivity contribution in [3.05, 3.63) is 0 Å². The number of nitrogens with zero attached hydrogens (tertiary/aromatic N) is 2. The van der Waals surface area contributed by atoms with Crippen LogP contribution in [-0.2, 0) is 10.0 Å². The van der Waals surface area contributed by atoms with E-state index in [0.717, 1.165) is 25.8 Å². The van der Waals surface area contributed by atoms with Gasteiger partial charge >= 0.3 is 0 Å². The van der Waals surface area contributed by atoms with Crippen LogP contribution in [0.5, 0.6) is 0 Å². The minimum Gasteiger partial charge on any atom is -0.299 e. The molecule has 5 heteroatoms. The Hall–Kier alpha value is -0.130. The second kappa shape index (κ2) is 3.71. The number of rotatable bonds is 1. The van der Waals surface area contributed by atoms with Crippen LogP contribution in [-0.4, -0.2) is 56.1 Å². The van der Waals surface area contributed by atoms with Gasteiger partial charge in [-0.2, -0.15) is 0 Å². The lowest BCUT2D eigenvalue weighted by Crippen LogP contribution is -2.55. The molecule has 2 aliphatic rings. The quantitative estimate of drug-likeness (QED) is 0.661. The van der Waals surface area contributed by atoms with Gasteiger partial charge in [0.25, 0.3) is 0 Å². The van der Waals surface area contributed by atoms with E-state index in [1.807, 2.05) is 0 Å². The van der Waals surface area contributed by atoms with Gasteiger partial charge < -0.3 is 0 Å². The zero-order chi connectivity index (χ0) is 11.1. The van der Waals surface area contributed by atoms with Crippen LogP contribution in [0.3, 0.4) is 0 Å². The van der Waals surface area contributed by atoms with Crippen molar-refractivity contribution in [3.8, 4) is 0 Å². The van der Waals surface area contributed by atoms with Gasteiger partial charge in [-0.25, -0.2) is 12.7 Å². The zero-order valence-electron chi connectivity index (χ0n) is 9.57. The summed E-state index contributed by atoms with van der Waals surface area (Å²) in [6.45, 7) is 2.51. The van der Waals surface area contributed by atoms with Crippen LogP contribution < -0.4 is 0 Å². The molecule has 15 heavy (non-hydrogen) atoms. The van der Waals surface area contributed by atoms with Crippen LogP contribution in [0.4, 0.5) is 0 Å². The molecule has 1 spiro atoms. The molecule has 0 radical (unpaired) electrons. The normalized spacial score (nSPS) is 35.1. The maximum Gasteiger partial charge on any atom is 0.211 e. The van der Waals surface area contributed by atoms with E-state index in [4.69, 9.17) is 0 Å². The van der Waals surface area contributed by atoms with E-state index in [0.29, 0.717) is 13.1 Å². The molecule has 2 aliphatic heterocycles. The first-order valence-electron chi connectivity index (χ1n) is 5.60. The van der Waals surface area contributed by atoms with Gasteiger partial charge in [0.2, 0.25) is 10.0 Å². The highest BCUT2D eigenvalue weighted by Gasteiger charge is 2.43. The molecule has 1 atom stereocenters. The fraction of sp³-hybridized carbons (Fsp3) is 1.00. The Morgan fingerprint density at radius 3 is 2.27 bits per heavy atom. The molecule has 2 rings (SSSR count). The molecule has 4 nitrogen and oxygen atoms in total. The Labute approximate surface area is 92.3 Å². The summed E-state index contributed by atoms with van der Waals surface area (Å²) in [4.78, 5) is 2.35. The molecule has 0 bridgehead atoms. The van der Waals surface area contributed by atoms with E-state index in [2.05, 4.69) is 11.9 Å². The van der Waals surface area contributed by atoms with Gasteiger partial charge in [0.15, 0.2) is 0 Å². The van der Waals surface area contributed by atoms with Crippen LogP contribution in [0.2, 0.25) is 0 Å². The molecule has 2 heterocycles. The van der Waals surface area contributed by atoms with E-state index in [-0.39, 0.29) is 5.54 Å². The second-order valence-corrected chi connectivity index (χ2v) is 6.93. The lowest BCUT2D eigenvalue weighted by Gasteiger charge is -2.43. The lowest BCUT2D eigenvalue weighted by molar-refractivity contribution is 0.0969. The molecule has 0 amide bonds. The Morgan fingerprint density at radius 2 is 1.73 bits per heavy atom. The molecule has 0 saturated carbocycles. The van der Waals surface area contributed by atoms with Crippen molar-refractivity contribution in [2.45, 2.75) is 31.2 Å². The minimum absolute atomic E-state index is 0.140. The van der Waals surface area contributed by atoms with Crippen molar-refractivity contribution >= 4 is 10.0 Å². The number of hydrogen-bond donors (Lipinski definition) is 0. The highest BCUT2D eigenvalue weighted by Crippen LogP contribution is 2.36. The van der Waals surface area contributed by atoms with Crippen molar-refractivity contribution in [2.24, 2.45) is 0 Å². The van der Waals surface area contributed by atoms with E-state index in [1.54, 1.807) is 4.31 Å². The van der Waals surface area contributed by atoms with Crippen LogP contribution in [0.1, 0.15) is 25.7 Å². The van der Waals surface area contributed by atoms with E-state index in [1.165, 1.54) is 12.7 Å². The molecule has 0 aliphatic carbocycles. The highest BCUT2D eigenvalue weighted by atomic mass is 32.2. The standard InChI is InChI=1S/C10H20N2O2S/c1-11-7-3-5-10(11)6-4-8-12(9-10)15(2,13)14/h3-9H2,1-2H3. The number of sulfonamides is 1. The molecule has 0 aromatic heterocycles. The lowest BCUT2D eigenvalue weighted by atomic mass is 9.88. The van der Waals surface area contributed by atoms with E-state index >= 15 is 0 Å². The topological polar surface area (TPSA) is 40.6 Å². The molecular formula is C10H20N2O2S. The number of likely N-dealkylation sites (N-methyl/N-ethyl adjacent to an activating group) is 1. The third-order valence-electron chi connectivity index (χ3n) is 3.93. The van der Waals surface area contributed by atoms with Crippen LogP contribution in [0, 0.1) is 0 Å². The smallest absolute Gasteiger partial charge is 0.211 e. The molecule has 0 N–H and O–H groups in total. The van der Waals surface area contributed by atoms with Gasteiger partial charge in [0.1, 0.15) is 0 Å². The molecular weight excluding hydrogens is 212 g/mol. The summed E-state index contributed by atoms with van der Waals surface area (Å²) in [7, 11) is -0.882. The molecule has 88 valence electrons. The Morgan fingerprint density at radius 1 is 1.13 bits per heavy atom. The Bertz CT molecular complexity index is 341. The van der Waals surface area contributed by atoms with Gasteiger partial charge in [-0.05, 0) is 39.3 Å². The van der Waals surface area contributed by atoms with E-state index in [9.17, 15) is 8.42 Å². The van der Waals surface area contributed by atoms with Gasteiger partial charge in [-0.1, -0.05) is 0 Å². The predicted octanol–water partition coefficient (Wildman–Crippen LogP) is 0.506. The maximum absolute atomic E-state index is 11.5. The van der Waals surface area contributed by atoms with Crippen LogP contribution in [0.15, 0.2) is 0 Å². The van der Waals surface area contributed by atoms with Crippen molar-refractivity contribution in [1.82, 2.24) is 9.21 Å². The molecule has 1 unspecified atom stereocenters. The third kappa shape index (κ3) is 2.05. The monoisotopic (exact) mass is 232 g/mol. The number of likely N-dealkylation sites (tertiary alicyclic amines) is 1. The van der Waals surface area contributed by atoms with Crippen molar-refractivity contribution in [2.75, 3.05) is 32.9 Å². The summed E-state index contributed by atoms with van der Waals surface area (Å²) in [6, 6.07) is 0. The minimum atomic E-state index is -3.01. The Kier molecular flexibility index (Phi) is 2.81. The van der Waals surface area contributed by atoms with Crippen molar-refractivity contribution in [1.29, 1.82) is 0 Å². The summed E-state index contributed by atoms with van der Waals surface area (Å²) >= 11 is 0. The highest BCUT2D eigenvalue weighted by molar-refractivity contribution is 7.88. The van der Waals surface area contributed by atoms with Gasteiger partial charge in [-0.3, -0.25) is 4.90 Å². The summed E-state index contributed by atoms with van der Waals surface area (Å²) in [5, 5.41) is 0. The maximum atomic E-state index is 11.5. The Balaban J connectivity index is 2.17. The average molecular weight is 232 g/mol. The summed E-state index contributed by atoms with van der Waals surface area (Å²) in [5.74, 6) is 0. The van der Waals surface area contributed by atoms with Gasteiger partial charge in [0.05, 0.1) is 6.26 Å². The number of piperidine rings is 1. The first kappa shape index (κ1) is 11.4. The molecule has 0 aromatic carbocycles. The van der Waals surface area contributed by atoms with Gasteiger partial charge in [-0.15, -0.1) is 0 Å². The van der Waals surface area contributed by atoms with E-state index < -0.39 is 10.0 Å². The average Bonchev–Trinajstić information content (AvgIpc) is 2.47. The molecule has 2 saturated heterocycles. The fourth-order valence-electron chi connectivity index (χ4n) is 2.94. The SMILES string of the molecule is CN1CCCC12CCCN(S(C)(=O)=O)C2. The second-order valence-electron chi connectivity index (χ2n) is 4.95. The zero-order valence-corrected chi connectivity index (χ0v) is 10.4. The predicted molar refractivity (Wildman–Crippen MR) is 60.2 cm³/mol. The summed E-state index contributed by atoms with van der Waals surface area (Å²) < 4.78 is 24.7. The van der Waals surface area contributed by atoms with Crippen LogP contribution in [0.25, 0.3) is 0 Å². The largest absolute Gasteiger partial charge is 0.299 e. The number of hydrogen-bond acceptors (Lipinski definition) is 3.